The summed E-state index contributed by atoms with van der Waals surface area (Å²) in [6, 6.07) is 0.546. The number of hydrogen-bond donors (Lipinski definition) is 0. The normalized spacial score (nSPS) is 30.1. The number of fused-ring (bicyclic) bond motifs is 1. The van der Waals surface area contributed by atoms with Crippen LogP contribution >= 0.6 is 0 Å². The van der Waals surface area contributed by atoms with Gasteiger partial charge in [-0.1, -0.05) is 19.9 Å². The van der Waals surface area contributed by atoms with Gasteiger partial charge in [0, 0.05) is 18.4 Å². The van der Waals surface area contributed by atoms with Gasteiger partial charge >= 0.3 is 0 Å². The van der Waals surface area contributed by atoms with Gasteiger partial charge in [0.05, 0.1) is 0 Å². The Hall–Kier alpha value is -0.980. The van der Waals surface area contributed by atoms with Gasteiger partial charge in [0.15, 0.2) is 0 Å². The lowest BCUT2D eigenvalue weighted by atomic mass is 10.0. The van der Waals surface area contributed by atoms with Crippen molar-refractivity contribution >= 4 is 0 Å². The topological polar surface area (TPSA) is 3.24 Å². The monoisotopic (exact) mass is 203 g/mol. The van der Waals surface area contributed by atoms with Gasteiger partial charge in [0.2, 0.25) is 0 Å². The van der Waals surface area contributed by atoms with Gasteiger partial charge in [-0.05, 0) is 49.3 Å². The van der Waals surface area contributed by atoms with Crippen molar-refractivity contribution in [2.75, 3.05) is 0 Å². The Morgan fingerprint density at radius 3 is 2.53 bits per heavy atom. The summed E-state index contributed by atoms with van der Waals surface area (Å²) in [4.78, 5) is 2.31. The molecule has 1 saturated carbocycles. The van der Waals surface area contributed by atoms with Gasteiger partial charge < -0.3 is 4.90 Å². The third kappa shape index (κ3) is 1.88. The molecule has 1 heteroatoms. The number of rotatable bonds is 1. The summed E-state index contributed by atoms with van der Waals surface area (Å²) in [5.41, 5.74) is 3.09. The molecule has 1 heterocycles. The Balaban J connectivity index is 2.35. The fourth-order valence-electron chi connectivity index (χ4n) is 2.59. The SMILES string of the molecule is CC1CC(C)C2=CN(C(C)C)C=CC=C21. The standard InChI is InChI=1S/C14H21N/c1-10(2)15-7-5-6-13-11(3)8-12(4)14(13)9-15/h5-7,9-12H,8H2,1-4H3. The molecule has 1 aliphatic heterocycles. The molecular formula is C14H21N. The Morgan fingerprint density at radius 2 is 1.87 bits per heavy atom. The van der Waals surface area contributed by atoms with Crippen LogP contribution in [0.15, 0.2) is 35.7 Å². The maximum Gasteiger partial charge on any atom is 0.0274 e. The van der Waals surface area contributed by atoms with E-state index in [9.17, 15) is 0 Å². The largest absolute Gasteiger partial charge is 0.352 e. The van der Waals surface area contributed by atoms with Crippen LogP contribution in [0.4, 0.5) is 0 Å². The molecule has 2 aliphatic rings. The summed E-state index contributed by atoms with van der Waals surface area (Å²) < 4.78 is 0. The highest BCUT2D eigenvalue weighted by molar-refractivity contribution is 5.42. The first-order valence-electron chi connectivity index (χ1n) is 5.97. The smallest absolute Gasteiger partial charge is 0.0274 e. The van der Waals surface area contributed by atoms with E-state index in [0.717, 1.165) is 5.92 Å². The van der Waals surface area contributed by atoms with Crippen LogP contribution < -0.4 is 0 Å². The summed E-state index contributed by atoms with van der Waals surface area (Å²) in [5.74, 6) is 1.44. The first kappa shape index (κ1) is 10.5. The lowest BCUT2D eigenvalue weighted by molar-refractivity contribution is 0.412. The van der Waals surface area contributed by atoms with E-state index in [1.807, 2.05) is 0 Å². The van der Waals surface area contributed by atoms with Crippen molar-refractivity contribution in [1.82, 2.24) is 4.90 Å². The molecule has 0 N–H and O–H groups in total. The first-order chi connectivity index (χ1) is 7.09. The number of allylic oxidation sites excluding steroid dienone is 4. The van der Waals surface area contributed by atoms with E-state index in [4.69, 9.17) is 0 Å². The predicted octanol–water partition coefficient (Wildman–Crippen LogP) is 3.71. The van der Waals surface area contributed by atoms with Crippen LogP contribution in [0.25, 0.3) is 0 Å². The highest BCUT2D eigenvalue weighted by Gasteiger charge is 2.29. The number of hydrogen-bond acceptors (Lipinski definition) is 1. The van der Waals surface area contributed by atoms with Crippen LogP contribution in [0, 0.1) is 11.8 Å². The lowest BCUT2D eigenvalue weighted by Gasteiger charge is -2.21. The van der Waals surface area contributed by atoms with Gasteiger partial charge in [0.1, 0.15) is 0 Å². The fraction of sp³-hybridized carbons (Fsp3) is 0.571. The van der Waals surface area contributed by atoms with Crippen molar-refractivity contribution in [3.05, 3.63) is 35.7 Å². The zero-order valence-electron chi connectivity index (χ0n) is 10.2. The second-order valence-electron chi connectivity index (χ2n) is 5.13. The van der Waals surface area contributed by atoms with Gasteiger partial charge in [0.25, 0.3) is 0 Å². The van der Waals surface area contributed by atoms with Crippen molar-refractivity contribution in [1.29, 1.82) is 0 Å². The van der Waals surface area contributed by atoms with Crippen molar-refractivity contribution in [3.63, 3.8) is 0 Å². The molecule has 0 saturated heterocycles. The third-order valence-corrected chi connectivity index (χ3v) is 3.52. The minimum atomic E-state index is 0.546. The second kappa shape index (κ2) is 3.88. The van der Waals surface area contributed by atoms with E-state index in [2.05, 4.69) is 57.1 Å². The maximum atomic E-state index is 2.34. The van der Waals surface area contributed by atoms with E-state index >= 15 is 0 Å². The molecule has 0 aromatic rings. The third-order valence-electron chi connectivity index (χ3n) is 3.52. The highest BCUT2D eigenvalue weighted by atomic mass is 15.1. The molecule has 15 heavy (non-hydrogen) atoms. The number of nitrogens with zero attached hydrogens (tertiary/aromatic N) is 1. The molecule has 82 valence electrons. The van der Waals surface area contributed by atoms with Crippen LogP contribution in [0.3, 0.4) is 0 Å². The second-order valence-corrected chi connectivity index (χ2v) is 5.13. The molecule has 0 aromatic heterocycles. The van der Waals surface area contributed by atoms with Gasteiger partial charge in [-0.25, -0.2) is 0 Å². The predicted molar refractivity (Wildman–Crippen MR) is 65.2 cm³/mol. The molecule has 0 amide bonds. The van der Waals surface area contributed by atoms with E-state index in [1.54, 1.807) is 11.1 Å². The molecule has 2 rings (SSSR count). The van der Waals surface area contributed by atoms with Gasteiger partial charge in [-0.15, -0.1) is 0 Å². The van der Waals surface area contributed by atoms with Crippen LogP contribution in [0.5, 0.6) is 0 Å². The fourth-order valence-corrected chi connectivity index (χ4v) is 2.59. The molecule has 1 nitrogen and oxygen atoms in total. The summed E-state index contributed by atoms with van der Waals surface area (Å²) in [7, 11) is 0. The summed E-state index contributed by atoms with van der Waals surface area (Å²) in [5, 5.41) is 0. The van der Waals surface area contributed by atoms with Crippen molar-refractivity contribution in [2.45, 2.75) is 40.2 Å². The maximum absolute atomic E-state index is 2.34. The van der Waals surface area contributed by atoms with Crippen LogP contribution in [-0.2, 0) is 0 Å². The van der Waals surface area contributed by atoms with E-state index in [0.29, 0.717) is 12.0 Å². The lowest BCUT2D eigenvalue weighted by Crippen LogP contribution is -2.19. The Kier molecular flexibility index (Phi) is 2.72. The van der Waals surface area contributed by atoms with Gasteiger partial charge in [-0.3, -0.25) is 0 Å². The molecular weight excluding hydrogens is 182 g/mol. The van der Waals surface area contributed by atoms with Gasteiger partial charge in [-0.2, -0.15) is 0 Å². The highest BCUT2D eigenvalue weighted by Crippen LogP contribution is 2.41. The first-order valence-corrected chi connectivity index (χ1v) is 5.97. The molecule has 0 bridgehead atoms. The quantitative estimate of drug-likeness (QED) is 0.628. The molecule has 2 atom stereocenters. The van der Waals surface area contributed by atoms with E-state index in [1.165, 1.54) is 6.42 Å². The van der Waals surface area contributed by atoms with Crippen molar-refractivity contribution in [2.24, 2.45) is 11.8 Å². The average Bonchev–Trinajstić information content (AvgIpc) is 2.41. The zero-order chi connectivity index (χ0) is 11.0. The summed E-state index contributed by atoms with van der Waals surface area (Å²) in [6.07, 6.45) is 10.3. The zero-order valence-corrected chi connectivity index (χ0v) is 10.2. The summed E-state index contributed by atoms with van der Waals surface area (Å²) >= 11 is 0. The summed E-state index contributed by atoms with van der Waals surface area (Å²) in [6.45, 7) is 9.14. The minimum Gasteiger partial charge on any atom is -0.352 e. The van der Waals surface area contributed by atoms with Crippen molar-refractivity contribution in [3.8, 4) is 0 Å². The molecule has 2 unspecified atom stereocenters. The van der Waals surface area contributed by atoms with Crippen molar-refractivity contribution < 1.29 is 0 Å². The Labute approximate surface area is 93.2 Å². The molecule has 1 fully saturated rings. The Bertz CT molecular complexity index is 333. The van der Waals surface area contributed by atoms with Crippen LogP contribution in [0.2, 0.25) is 0 Å². The molecule has 0 spiro atoms. The van der Waals surface area contributed by atoms with Crippen LogP contribution in [0.1, 0.15) is 34.1 Å². The van der Waals surface area contributed by atoms with E-state index < -0.39 is 0 Å². The van der Waals surface area contributed by atoms with Crippen LogP contribution in [-0.4, -0.2) is 10.9 Å². The minimum absolute atomic E-state index is 0.546. The average molecular weight is 203 g/mol. The Morgan fingerprint density at radius 1 is 1.20 bits per heavy atom. The van der Waals surface area contributed by atoms with E-state index in [-0.39, 0.29) is 0 Å². The molecule has 0 aromatic carbocycles. The molecule has 1 aliphatic carbocycles. The molecule has 0 radical (unpaired) electrons.